The van der Waals surface area contributed by atoms with Crippen LogP contribution in [0.3, 0.4) is 0 Å². The first-order chi connectivity index (χ1) is 13.7. The number of imide groups is 1. The summed E-state index contributed by atoms with van der Waals surface area (Å²) in [7, 11) is 0. The fourth-order valence-corrected chi connectivity index (χ4v) is 3.79. The Bertz CT molecular complexity index is 822. The van der Waals surface area contributed by atoms with Crippen LogP contribution in [0.2, 0.25) is 0 Å². The zero-order valence-corrected chi connectivity index (χ0v) is 17.1. The van der Waals surface area contributed by atoms with Crippen molar-refractivity contribution in [2.24, 2.45) is 0 Å². The van der Waals surface area contributed by atoms with Crippen LogP contribution >= 0.6 is 0 Å². The van der Waals surface area contributed by atoms with Gasteiger partial charge in [-0.05, 0) is 45.6 Å². The molecule has 0 aromatic heterocycles. The fraction of sp³-hybridized carbons (Fsp3) is 0.524. The maximum atomic E-state index is 12.8. The van der Waals surface area contributed by atoms with Crippen LogP contribution in [0.15, 0.2) is 24.3 Å². The summed E-state index contributed by atoms with van der Waals surface area (Å²) in [4.78, 5) is 52.2. The Balaban J connectivity index is 1.59. The lowest BCUT2D eigenvalue weighted by atomic mass is 9.91. The Kier molecular flexibility index (Phi) is 5.91. The maximum Gasteiger partial charge on any atom is 0.326 e. The van der Waals surface area contributed by atoms with E-state index in [1.165, 1.54) is 0 Å². The largest absolute Gasteiger partial charge is 0.454 e. The van der Waals surface area contributed by atoms with Crippen LogP contribution in [0.25, 0.3) is 0 Å². The van der Waals surface area contributed by atoms with Crippen molar-refractivity contribution in [1.29, 1.82) is 0 Å². The van der Waals surface area contributed by atoms with Crippen LogP contribution in [0, 0.1) is 6.92 Å². The predicted molar refractivity (Wildman–Crippen MR) is 105 cm³/mol. The zero-order valence-electron chi connectivity index (χ0n) is 17.1. The maximum absolute atomic E-state index is 12.8. The van der Waals surface area contributed by atoms with E-state index in [1.54, 1.807) is 24.0 Å². The third kappa shape index (κ3) is 4.26. The highest BCUT2D eigenvalue weighted by Gasteiger charge is 2.49. The number of nitrogens with zero attached hydrogens (tertiary/aromatic N) is 2. The summed E-state index contributed by atoms with van der Waals surface area (Å²) in [6.07, 6.45) is 2.94. The lowest BCUT2D eigenvalue weighted by molar-refractivity contribution is -0.155. The van der Waals surface area contributed by atoms with Gasteiger partial charge in [0.15, 0.2) is 6.61 Å². The van der Waals surface area contributed by atoms with Crippen molar-refractivity contribution in [2.45, 2.75) is 51.6 Å². The minimum atomic E-state index is -1.25. The number of ether oxygens (including phenoxy) is 1. The van der Waals surface area contributed by atoms with E-state index in [-0.39, 0.29) is 18.6 Å². The number of likely N-dealkylation sites (tertiary alicyclic amines) is 1. The van der Waals surface area contributed by atoms with Crippen molar-refractivity contribution >= 4 is 23.8 Å². The van der Waals surface area contributed by atoms with Crippen LogP contribution in [0.4, 0.5) is 4.79 Å². The second kappa shape index (κ2) is 8.23. The molecule has 3 rings (SSSR count). The average molecular weight is 401 g/mol. The minimum absolute atomic E-state index is 0.121. The summed E-state index contributed by atoms with van der Waals surface area (Å²) in [6.45, 7) is 5.23. The Morgan fingerprint density at radius 1 is 1.21 bits per heavy atom. The van der Waals surface area contributed by atoms with Crippen LogP contribution in [-0.4, -0.2) is 59.4 Å². The first-order valence-corrected chi connectivity index (χ1v) is 9.88. The van der Waals surface area contributed by atoms with Crippen LogP contribution in [0.5, 0.6) is 0 Å². The van der Waals surface area contributed by atoms with Crippen LogP contribution in [-0.2, 0) is 24.7 Å². The molecule has 2 fully saturated rings. The fourth-order valence-electron chi connectivity index (χ4n) is 3.79. The van der Waals surface area contributed by atoms with E-state index in [9.17, 15) is 19.2 Å². The minimum Gasteiger partial charge on any atom is -0.454 e. The van der Waals surface area contributed by atoms with Gasteiger partial charge in [0.1, 0.15) is 12.1 Å². The van der Waals surface area contributed by atoms with E-state index in [2.05, 4.69) is 5.32 Å². The Morgan fingerprint density at radius 3 is 2.55 bits per heavy atom. The molecule has 1 N–H and O–H groups in total. The second-order valence-electron chi connectivity index (χ2n) is 7.91. The molecule has 2 aliphatic heterocycles. The molecule has 2 saturated heterocycles. The number of esters is 1. The molecule has 2 atom stereocenters. The zero-order chi connectivity index (χ0) is 21.2. The molecule has 8 heteroatoms. The van der Waals surface area contributed by atoms with Crippen molar-refractivity contribution in [3.63, 3.8) is 0 Å². The lowest BCUT2D eigenvalue weighted by Crippen LogP contribution is -2.45. The third-order valence-corrected chi connectivity index (χ3v) is 5.67. The first kappa shape index (κ1) is 20.8. The molecule has 0 spiro atoms. The predicted octanol–water partition coefficient (Wildman–Crippen LogP) is 1.71. The molecule has 8 nitrogen and oxygen atoms in total. The van der Waals surface area contributed by atoms with Gasteiger partial charge in [-0.25, -0.2) is 4.79 Å². The number of nitrogens with one attached hydrogen (secondary N) is 1. The van der Waals surface area contributed by atoms with Gasteiger partial charge in [0.25, 0.3) is 11.8 Å². The van der Waals surface area contributed by atoms with Crippen LogP contribution < -0.4 is 5.32 Å². The molecule has 2 aliphatic rings. The highest BCUT2D eigenvalue weighted by Crippen LogP contribution is 2.29. The van der Waals surface area contributed by atoms with Crippen molar-refractivity contribution in [3.05, 3.63) is 35.4 Å². The molecule has 0 unspecified atom stereocenters. The number of amides is 4. The van der Waals surface area contributed by atoms with Gasteiger partial charge in [0, 0.05) is 12.6 Å². The van der Waals surface area contributed by atoms with E-state index in [0.29, 0.717) is 12.1 Å². The smallest absolute Gasteiger partial charge is 0.326 e. The normalized spacial score (nSPS) is 24.4. The van der Waals surface area contributed by atoms with Gasteiger partial charge in [-0.1, -0.05) is 29.8 Å². The summed E-state index contributed by atoms with van der Waals surface area (Å²) in [5.74, 6) is -1.58. The number of hydrogen-bond acceptors (Lipinski definition) is 5. The molecule has 0 radical (unpaired) electrons. The number of benzene rings is 1. The first-order valence-electron chi connectivity index (χ1n) is 9.88. The molecule has 156 valence electrons. The Labute approximate surface area is 170 Å². The standard InChI is InChI=1S/C21H27N3O5/c1-14-7-9-16(10-8-14)21(3)19(27)24(20(28)22-21)12-18(26)29-13-17(25)23-11-5-4-6-15(23)2/h7-10,15H,4-6,11-13H2,1-3H3,(H,22,28)/t15-,21-/m0/s1. The van der Waals surface area contributed by atoms with Gasteiger partial charge in [-0.15, -0.1) is 0 Å². The summed E-state index contributed by atoms with van der Waals surface area (Å²) < 4.78 is 5.05. The van der Waals surface area contributed by atoms with Gasteiger partial charge in [0.2, 0.25) is 0 Å². The van der Waals surface area contributed by atoms with Crippen LogP contribution in [0.1, 0.15) is 44.2 Å². The molecule has 0 aliphatic carbocycles. The molecular weight excluding hydrogens is 374 g/mol. The van der Waals surface area contributed by atoms with Gasteiger partial charge in [-0.2, -0.15) is 0 Å². The highest BCUT2D eigenvalue weighted by atomic mass is 16.5. The van der Waals surface area contributed by atoms with Gasteiger partial charge in [0.05, 0.1) is 0 Å². The number of aryl methyl sites for hydroxylation is 1. The third-order valence-electron chi connectivity index (χ3n) is 5.67. The Hall–Kier alpha value is -2.90. The van der Waals surface area contributed by atoms with E-state index in [0.717, 1.165) is 29.7 Å². The molecule has 1 aromatic rings. The van der Waals surface area contributed by atoms with E-state index >= 15 is 0 Å². The van der Waals surface area contributed by atoms with Gasteiger partial charge in [-0.3, -0.25) is 19.3 Å². The quantitative estimate of drug-likeness (QED) is 0.599. The second-order valence-corrected chi connectivity index (χ2v) is 7.91. The molecule has 0 bridgehead atoms. The van der Waals surface area contributed by atoms with E-state index in [1.807, 2.05) is 26.0 Å². The van der Waals surface area contributed by atoms with Crippen molar-refractivity contribution in [2.75, 3.05) is 19.7 Å². The monoisotopic (exact) mass is 401 g/mol. The number of piperidine rings is 1. The summed E-state index contributed by atoms with van der Waals surface area (Å²) in [5.41, 5.74) is 0.415. The number of urea groups is 1. The molecule has 0 saturated carbocycles. The highest BCUT2D eigenvalue weighted by molar-refractivity contribution is 6.08. The van der Waals surface area contributed by atoms with Crippen molar-refractivity contribution in [3.8, 4) is 0 Å². The summed E-state index contributed by atoms with van der Waals surface area (Å²) in [5, 5.41) is 2.65. The lowest BCUT2D eigenvalue weighted by Gasteiger charge is -2.33. The van der Waals surface area contributed by atoms with E-state index < -0.39 is 30.0 Å². The molecular formula is C21H27N3O5. The molecule has 2 heterocycles. The van der Waals surface area contributed by atoms with Crippen molar-refractivity contribution in [1.82, 2.24) is 15.1 Å². The number of hydrogen-bond donors (Lipinski definition) is 1. The molecule has 1 aromatic carbocycles. The van der Waals surface area contributed by atoms with E-state index in [4.69, 9.17) is 4.74 Å². The average Bonchev–Trinajstić information content (AvgIpc) is 2.91. The number of carbonyl (C=O) groups is 4. The molecule has 4 amide bonds. The number of carbonyl (C=O) groups excluding carboxylic acids is 4. The summed E-state index contributed by atoms with van der Waals surface area (Å²) in [6, 6.07) is 6.71. The topological polar surface area (TPSA) is 96.0 Å². The van der Waals surface area contributed by atoms with Gasteiger partial charge < -0.3 is 15.0 Å². The number of rotatable bonds is 5. The molecule has 29 heavy (non-hydrogen) atoms. The Morgan fingerprint density at radius 2 is 1.90 bits per heavy atom. The summed E-state index contributed by atoms with van der Waals surface area (Å²) >= 11 is 0. The SMILES string of the molecule is Cc1ccc([C@]2(C)NC(=O)N(CC(=O)OCC(=O)N3CCCC[C@@H]3C)C2=O)cc1. The van der Waals surface area contributed by atoms with Gasteiger partial charge >= 0.3 is 12.0 Å². The van der Waals surface area contributed by atoms with Crippen molar-refractivity contribution < 1.29 is 23.9 Å².